The van der Waals surface area contributed by atoms with Crippen molar-refractivity contribution in [1.82, 2.24) is 15.2 Å². The fraction of sp³-hybridized carbons (Fsp3) is 0.182. The number of carbonyl (C=O) groups is 2. The van der Waals surface area contributed by atoms with Crippen molar-refractivity contribution in [1.29, 1.82) is 0 Å². The number of sulfonamides is 1. The summed E-state index contributed by atoms with van der Waals surface area (Å²) in [5.74, 6) is -1.08. The molecule has 0 aliphatic carbocycles. The maximum Gasteiger partial charge on any atom is 0.269 e. The SMILES string of the molecule is CCN(CC)S(=O)(=O)c1cccc(C(=O)NNC(=O)c2ccc3ccccc3c2)c1. The Bertz CT molecular complexity index is 1190. The van der Waals surface area contributed by atoms with Crippen molar-refractivity contribution in [2.45, 2.75) is 18.7 Å². The average Bonchev–Trinajstić information content (AvgIpc) is 2.77. The highest BCUT2D eigenvalue weighted by Gasteiger charge is 2.22. The van der Waals surface area contributed by atoms with Crippen LogP contribution in [-0.4, -0.2) is 37.6 Å². The third kappa shape index (κ3) is 4.50. The van der Waals surface area contributed by atoms with Gasteiger partial charge < -0.3 is 0 Å². The van der Waals surface area contributed by atoms with Crippen molar-refractivity contribution in [3.63, 3.8) is 0 Å². The number of benzene rings is 3. The molecule has 30 heavy (non-hydrogen) atoms. The van der Waals surface area contributed by atoms with Crippen LogP contribution in [0.2, 0.25) is 0 Å². The summed E-state index contributed by atoms with van der Waals surface area (Å²) >= 11 is 0. The van der Waals surface area contributed by atoms with Gasteiger partial charge in [0.25, 0.3) is 11.8 Å². The molecule has 2 amide bonds. The Morgan fingerprint density at radius 2 is 1.37 bits per heavy atom. The second kappa shape index (κ2) is 9.06. The molecule has 0 aliphatic rings. The third-order valence-electron chi connectivity index (χ3n) is 4.74. The van der Waals surface area contributed by atoms with Crippen molar-refractivity contribution in [3.05, 3.63) is 77.9 Å². The molecule has 0 saturated heterocycles. The minimum absolute atomic E-state index is 0.0275. The number of hydrazine groups is 1. The Balaban J connectivity index is 1.72. The molecule has 3 aromatic carbocycles. The Labute approximate surface area is 175 Å². The summed E-state index contributed by atoms with van der Waals surface area (Å²) in [7, 11) is -3.69. The quantitative estimate of drug-likeness (QED) is 0.594. The summed E-state index contributed by atoms with van der Waals surface area (Å²) < 4.78 is 26.6. The molecule has 156 valence electrons. The van der Waals surface area contributed by atoms with Crippen molar-refractivity contribution in [2.24, 2.45) is 0 Å². The van der Waals surface area contributed by atoms with Gasteiger partial charge in [-0.2, -0.15) is 4.31 Å². The summed E-state index contributed by atoms with van der Waals surface area (Å²) in [5, 5.41) is 1.91. The average molecular weight is 426 g/mol. The van der Waals surface area contributed by atoms with Gasteiger partial charge in [0.2, 0.25) is 10.0 Å². The number of hydrogen-bond donors (Lipinski definition) is 2. The standard InChI is InChI=1S/C22H23N3O4S/c1-3-25(4-2)30(28,29)20-11-7-10-18(15-20)21(26)23-24-22(27)19-13-12-16-8-5-6-9-17(16)14-19/h5-15H,3-4H2,1-2H3,(H,23,26)(H,24,27). The molecule has 0 aliphatic heterocycles. The summed E-state index contributed by atoms with van der Waals surface area (Å²) in [4.78, 5) is 24.9. The van der Waals surface area contributed by atoms with Gasteiger partial charge >= 0.3 is 0 Å². The normalized spacial score (nSPS) is 11.4. The lowest BCUT2D eigenvalue weighted by Gasteiger charge is -2.18. The van der Waals surface area contributed by atoms with Crippen molar-refractivity contribution in [2.75, 3.05) is 13.1 Å². The van der Waals surface area contributed by atoms with Crippen molar-refractivity contribution in [3.8, 4) is 0 Å². The lowest BCUT2D eigenvalue weighted by Crippen LogP contribution is -2.41. The highest BCUT2D eigenvalue weighted by atomic mass is 32.2. The van der Waals surface area contributed by atoms with Crippen LogP contribution in [0.3, 0.4) is 0 Å². The van der Waals surface area contributed by atoms with E-state index in [1.165, 1.54) is 28.6 Å². The second-order valence-corrected chi connectivity index (χ2v) is 8.53. The molecule has 0 radical (unpaired) electrons. The highest BCUT2D eigenvalue weighted by molar-refractivity contribution is 7.89. The number of carbonyl (C=O) groups excluding carboxylic acids is 2. The summed E-state index contributed by atoms with van der Waals surface area (Å²) in [6, 6.07) is 18.6. The zero-order chi connectivity index (χ0) is 21.7. The summed E-state index contributed by atoms with van der Waals surface area (Å²) in [6.45, 7) is 4.16. The molecule has 7 nitrogen and oxygen atoms in total. The van der Waals surface area contributed by atoms with Crippen molar-refractivity contribution >= 4 is 32.6 Å². The van der Waals surface area contributed by atoms with E-state index in [4.69, 9.17) is 0 Å². The molecule has 0 aromatic heterocycles. The fourth-order valence-corrected chi connectivity index (χ4v) is 4.60. The van der Waals surface area contributed by atoms with Crippen LogP contribution in [0.25, 0.3) is 10.8 Å². The van der Waals surface area contributed by atoms with E-state index in [-0.39, 0.29) is 10.5 Å². The van der Waals surface area contributed by atoms with E-state index >= 15 is 0 Å². The van der Waals surface area contributed by atoms with E-state index < -0.39 is 21.8 Å². The molecule has 0 fully saturated rings. The van der Waals surface area contributed by atoms with Crippen molar-refractivity contribution < 1.29 is 18.0 Å². The van der Waals surface area contributed by atoms with Crippen LogP contribution in [0.1, 0.15) is 34.6 Å². The largest absolute Gasteiger partial charge is 0.269 e. The van der Waals surface area contributed by atoms with Crippen LogP contribution >= 0.6 is 0 Å². The molecule has 0 atom stereocenters. The molecule has 0 saturated carbocycles. The molecule has 0 bridgehead atoms. The topological polar surface area (TPSA) is 95.6 Å². The zero-order valence-corrected chi connectivity index (χ0v) is 17.6. The predicted octanol–water partition coefficient (Wildman–Crippen LogP) is 2.95. The minimum Gasteiger partial charge on any atom is -0.267 e. The first-order chi connectivity index (χ1) is 14.4. The Morgan fingerprint density at radius 1 is 0.767 bits per heavy atom. The molecule has 2 N–H and O–H groups in total. The first-order valence-corrected chi connectivity index (χ1v) is 11.0. The monoisotopic (exact) mass is 425 g/mol. The number of rotatable bonds is 6. The van der Waals surface area contributed by atoms with Crippen LogP contribution in [0, 0.1) is 0 Å². The summed E-state index contributed by atoms with van der Waals surface area (Å²) in [5.41, 5.74) is 5.22. The Kier molecular flexibility index (Phi) is 6.49. The molecular weight excluding hydrogens is 402 g/mol. The first-order valence-electron chi connectivity index (χ1n) is 9.56. The van der Waals surface area contributed by atoms with E-state index in [2.05, 4.69) is 10.9 Å². The number of amides is 2. The molecule has 3 rings (SSSR count). The second-order valence-electron chi connectivity index (χ2n) is 6.59. The van der Waals surface area contributed by atoms with Gasteiger partial charge in [-0.3, -0.25) is 20.4 Å². The Hall–Kier alpha value is -3.23. The maximum absolute atomic E-state index is 12.7. The van der Waals surface area contributed by atoms with Gasteiger partial charge in [-0.1, -0.05) is 50.2 Å². The molecule has 8 heteroatoms. The van der Waals surface area contributed by atoms with Crippen LogP contribution < -0.4 is 10.9 Å². The number of fused-ring (bicyclic) bond motifs is 1. The van der Waals surface area contributed by atoms with Gasteiger partial charge in [-0.25, -0.2) is 8.42 Å². The number of nitrogens with one attached hydrogen (secondary N) is 2. The highest BCUT2D eigenvalue weighted by Crippen LogP contribution is 2.17. The van der Waals surface area contributed by atoms with Gasteiger partial charge in [0.05, 0.1) is 4.90 Å². The zero-order valence-electron chi connectivity index (χ0n) is 16.8. The van der Waals surface area contributed by atoms with Gasteiger partial charge in [0.1, 0.15) is 0 Å². The van der Waals surface area contributed by atoms with Gasteiger partial charge in [0, 0.05) is 24.2 Å². The van der Waals surface area contributed by atoms with E-state index in [0.717, 1.165) is 10.8 Å². The number of nitrogens with zero attached hydrogens (tertiary/aromatic N) is 1. The molecule has 0 unspecified atom stereocenters. The van der Waals surface area contributed by atoms with Crippen LogP contribution in [0.15, 0.2) is 71.6 Å². The molecule has 0 heterocycles. The Morgan fingerprint density at radius 3 is 2.00 bits per heavy atom. The molecule has 0 spiro atoms. The van der Waals surface area contributed by atoms with Gasteiger partial charge in [-0.15, -0.1) is 0 Å². The lowest BCUT2D eigenvalue weighted by atomic mass is 10.1. The van der Waals surface area contributed by atoms with E-state index in [0.29, 0.717) is 18.7 Å². The predicted molar refractivity (Wildman–Crippen MR) is 115 cm³/mol. The van der Waals surface area contributed by atoms with Crippen LogP contribution in [0.5, 0.6) is 0 Å². The summed E-state index contributed by atoms with van der Waals surface area (Å²) in [6.07, 6.45) is 0. The van der Waals surface area contributed by atoms with E-state index in [9.17, 15) is 18.0 Å². The van der Waals surface area contributed by atoms with Gasteiger partial charge in [-0.05, 0) is 41.1 Å². The lowest BCUT2D eigenvalue weighted by molar-refractivity contribution is 0.0846. The van der Waals surface area contributed by atoms with Gasteiger partial charge in [0.15, 0.2) is 0 Å². The smallest absolute Gasteiger partial charge is 0.267 e. The minimum atomic E-state index is -3.69. The molecule has 3 aromatic rings. The maximum atomic E-state index is 12.7. The van der Waals surface area contributed by atoms with E-state index in [1.807, 2.05) is 30.3 Å². The first kappa shape index (κ1) is 21.5. The molecular formula is C22H23N3O4S. The van der Waals surface area contributed by atoms with Crippen LogP contribution in [0.4, 0.5) is 0 Å². The van der Waals surface area contributed by atoms with Crippen LogP contribution in [-0.2, 0) is 10.0 Å². The fourth-order valence-electron chi connectivity index (χ4n) is 3.10. The van der Waals surface area contributed by atoms with E-state index in [1.54, 1.807) is 26.0 Å². The number of hydrogen-bond acceptors (Lipinski definition) is 4. The third-order valence-corrected chi connectivity index (χ3v) is 6.79.